The number of rotatable bonds is 2. The maximum absolute atomic E-state index is 12.5. The maximum Gasteiger partial charge on any atom is 0.324 e. The fourth-order valence-corrected chi connectivity index (χ4v) is 2.32. The zero-order valence-corrected chi connectivity index (χ0v) is 11.1. The van der Waals surface area contributed by atoms with Crippen molar-refractivity contribution in [2.45, 2.75) is 20.4 Å². The van der Waals surface area contributed by atoms with Crippen LogP contribution in [0.1, 0.15) is 19.4 Å². The van der Waals surface area contributed by atoms with Crippen LogP contribution in [0.3, 0.4) is 0 Å². The second-order valence-electron chi connectivity index (χ2n) is 4.41. The van der Waals surface area contributed by atoms with Gasteiger partial charge in [0.15, 0.2) is 0 Å². The molecule has 98 valence electrons. The molecule has 1 aliphatic heterocycles. The molecule has 2 amide bonds. The van der Waals surface area contributed by atoms with Crippen LogP contribution in [0.5, 0.6) is 0 Å². The summed E-state index contributed by atoms with van der Waals surface area (Å²) in [4.78, 5) is 16.3. The molecule has 0 saturated carbocycles. The normalized spacial score (nSPS) is 14.9. The summed E-state index contributed by atoms with van der Waals surface area (Å²) >= 11 is 0. The predicted octanol–water partition coefficient (Wildman–Crippen LogP) is 2.06. The molecule has 18 heavy (non-hydrogen) atoms. The van der Waals surface area contributed by atoms with Crippen molar-refractivity contribution in [3.8, 4) is 0 Å². The quantitative estimate of drug-likeness (QED) is 0.868. The molecule has 0 atom stereocenters. The summed E-state index contributed by atoms with van der Waals surface area (Å²) in [6, 6.07) is 8.23. The fourth-order valence-electron chi connectivity index (χ4n) is 2.32. The lowest BCUT2D eigenvalue weighted by Gasteiger charge is -2.29. The van der Waals surface area contributed by atoms with Crippen molar-refractivity contribution in [3.63, 3.8) is 0 Å². The number of benzene rings is 1. The van der Waals surface area contributed by atoms with Crippen molar-refractivity contribution in [3.05, 3.63) is 29.8 Å². The Kier molecular flexibility index (Phi) is 4.20. The van der Waals surface area contributed by atoms with Crippen LogP contribution in [-0.4, -0.2) is 37.1 Å². The van der Waals surface area contributed by atoms with Gasteiger partial charge in [-0.05, 0) is 25.5 Å². The van der Waals surface area contributed by atoms with Gasteiger partial charge in [0, 0.05) is 38.4 Å². The first-order chi connectivity index (χ1) is 8.77. The van der Waals surface area contributed by atoms with E-state index in [2.05, 4.69) is 11.4 Å². The maximum atomic E-state index is 12.5. The number of carbonyl (C=O) groups is 1. The van der Waals surface area contributed by atoms with Crippen molar-refractivity contribution in [2.75, 3.05) is 31.1 Å². The molecular weight excluding hydrogens is 226 g/mol. The topological polar surface area (TPSA) is 35.6 Å². The first-order valence-electron chi connectivity index (χ1n) is 6.63. The number of hydrogen-bond acceptors (Lipinski definition) is 2. The minimum Gasteiger partial charge on any atom is -0.325 e. The van der Waals surface area contributed by atoms with E-state index in [9.17, 15) is 4.79 Å². The molecule has 1 N–H and O–H groups in total. The van der Waals surface area contributed by atoms with Gasteiger partial charge in [0.1, 0.15) is 0 Å². The Balaban J connectivity index is 2.30. The van der Waals surface area contributed by atoms with Gasteiger partial charge in [-0.2, -0.15) is 0 Å². The second kappa shape index (κ2) is 5.87. The summed E-state index contributed by atoms with van der Waals surface area (Å²) in [5.41, 5.74) is 2.23. The smallest absolute Gasteiger partial charge is 0.324 e. The van der Waals surface area contributed by atoms with Gasteiger partial charge in [0.2, 0.25) is 0 Å². The van der Waals surface area contributed by atoms with E-state index in [0.29, 0.717) is 0 Å². The molecule has 0 aliphatic carbocycles. The van der Waals surface area contributed by atoms with Gasteiger partial charge in [-0.25, -0.2) is 4.79 Å². The zero-order chi connectivity index (χ0) is 13.0. The van der Waals surface area contributed by atoms with E-state index in [1.165, 1.54) is 5.56 Å². The minimum absolute atomic E-state index is 0.108. The van der Waals surface area contributed by atoms with E-state index < -0.39 is 0 Å². The Morgan fingerprint density at radius 3 is 2.78 bits per heavy atom. The summed E-state index contributed by atoms with van der Waals surface area (Å²) in [6.45, 7) is 7.93. The summed E-state index contributed by atoms with van der Waals surface area (Å²) < 4.78 is 0. The number of nitrogens with zero attached hydrogens (tertiary/aromatic N) is 2. The lowest BCUT2D eigenvalue weighted by molar-refractivity contribution is 0.210. The van der Waals surface area contributed by atoms with Crippen LogP contribution in [0, 0.1) is 0 Å². The van der Waals surface area contributed by atoms with E-state index >= 15 is 0 Å². The van der Waals surface area contributed by atoms with Crippen molar-refractivity contribution < 1.29 is 4.79 Å². The third-order valence-corrected chi connectivity index (χ3v) is 3.37. The van der Waals surface area contributed by atoms with E-state index in [-0.39, 0.29) is 6.03 Å². The first-order valence-corrected chi connectivity index (χ1v) is 6.63. The van der Waals surface area contributed by atoms with Gasteiger partial charge in [-0.3, -0.25) is 4.90 Å². The number of urea groups is 1. The number of amides is 2. The van der Waals surface area contributed by atoms with Crippen LogP contribution in [0.15, 0.2) is 24.3 Å². The highest BCUT2D eigenvalue weighted by atomic mass is 16.2. The lowest BCUT2D eigenvalue weighted by atomic mass is 10.1. The highest BCUT2D eigenvalue weighted by molar-refractivity contribution is 5.93. The van der Waals surface area contributed by atoms with Gasteiger partial charge in [-0.15, -0.1) is 0 Å². The molecule has 0 unspecified atom stereocenters. The largest absolute Gasteiger partial charge is 0.325 e. The van der Waals surface area contributed by atoms with Crippen molar-refractivity contribution >= 4 is 11.7 Å². The molecule has 0 radical (unpaired) electrons. The first kappa shape index (κ1) is 12.9. The molecule has 4 nitrogen and oxygen atoms in total. The molecule has 2 rings (SSSR count). The molecule has 1 aromatic rings. The van der Waals surface area contributed by atoms with Gasteiger partial charge < -0.3 is 10.2 Å². The average Bonchev–Trinajstić information content (AvgIpc) is 2.62. The van der Waals surface area contributed by atoms with Crippen LogP contribution in [0.25, 0.3) is 0 Å². The molecule has 1 heterocycles. The number of carbonyl (C=O) groups excluding carboxylic acids is 1. The SMILES string of the molecule is CCN(CC)C(=O)N1CCNCc2ccccc21. The summed E-state index contributed by atoms with van der Waals surface area (Å²) in [5.74, 6) is 0. The molecule has 0 aromatic heterocycles. The van der Waals surface area contributed by atoms with Gasteiger partial charge >= 0.3 is 6.03 Å². The van der Waals surface area contributed by atoms with Gasteiger partial charge in [0.25, 0.3) is 0 Å². The van der Waals surface area contributed by atoms with Gasteiger partial charge in [-0.1, -0.05) is 18.2 Å². The summed E-state index contributed by atoms with van der Waals surface area (Å²) in [6.07, 6.45) is 0. The average molecular weight is 247 g/mol. The van der Waals surface area contributed by atoms with Gasteiger partial charge in [0.05, 0.1) is 0 Å². The van der Waals surface area contributed by atoms with Crippen LogP contribution < -0.4 is 10.2 Å². The van der Waals surface area contributed by atoms with Crippen molar-refractivity contribution in [2.24, 2.45) is 0 Å². The van der Waals surface area contributed by atoms with Crippen molar-refractivity contribution in [1.82, 2.24) is 10.2 Å². The highest BCUT2D eigenvalue weighted by Gasteiger charge is 2.23. The lowest BCUT2D eigenvalue weighted by Crippen LogP contribution is -2.44. The van der Waals surface area contributed by atoms with Crippen LogP contribution in [0.4, 0.5) is 10.5 Å². The molecule has 0 saturated heterocycles. The van der Waals surface area contributed by atoms with E-state index in [1.807, 2.05) is 41.8 Å². The van der Waals surface area contributed by atoms with Crippen LogP contribution in [0.2, 0.25) is 0 Å². The Morgan fingerprint density at radius 1 is 1.33 bits per heavy atom. The van der Waals surface area contributed by atoms with Crippen LogP contribution in [-0.2, 0) is 6.54 Å². The molecule has 0 spiro atoms. The predicted molar refractivity (Wildman–Crippen MR) is 73.8 cm³/mol. The number of fused-ring (bicyclic) bond motifs is 1. The number of nitrogens with one attached hydrogen (secondary N) is 1. The monoisotopic (exact) mass is 247 g/mol. The fraction of sp³-hybridized carbons (Fsp3) is 0.500. The minimum atomic E-state index is 0.108. The molecule has 0 bridgehead atoms. The van der Waals surface area contributed by atoms with Crippen LogP contribution >= 0.6 is 0 Å². The highest BCUT2D eigenvalue weighted by Crippen LogP contribution is 2.23. The standard InChI is InChI=1S/C14H21N3O/c1-3-16(4-2)14(18)17-10-9-15-11-12-7-5-6-8-13(12)17/h5-8,15H,3-4,9-11H2,1-2H3. The molecular formula is C14H21N3O. The number of hydrogen-bond donors (Lipinski definition) is 1. The third kappa shape index (κ3) is 2.48. The third-order valence-electron chi connectivity index (χ3n) is 3.37. The zero-order valence-electron chi connectivity index (χ0n) is 11.1. The Labute approximate surface area is 109 Å². The summed E-state index contributed by atoms with van der Waals surface area (Å²) in [7, 11) is 0. The summed E-state index contributed by atoms with van der Waals surface area (Å²) in [5, 5.41) is 3.35. The molecule has 0 fully saturated rings. The number of para-hydroxylation sites is 1. The Morgan fingerprint density at radius 2 is 2.06 bits per heavy atom. The van der Waals surface area contributed by atoms with E-state index in [4.69, 9.17) is 0 Å². The second-order valence-corrected chi connectivity index (χ2v) is 4.41. The van der Waals surface area contributed by atoms with E-state index in [1.54, 1.807) is 0 Å². The Hall–Kier alpha value is -1.55. The Bertz CT molecular complexity index is 415. The number of anilines is 1. The van der Waals surface area contributed by atoms with E-state index in [0.717, 1.165) is 38.4 Å². The molecule has 1 aliphatic rings. The molecule has 4 heteroatoms. The molecule has 1 aromatic carbocycles. The van der Waals surface area contributed by atoms with Crippen molar-refractivity contribution in [1.29, 1.82) is 0 Å².